The number of esters is 1. The van der Waals surface area contributed by atoms with Crippen LogP contribution in [-0.4, -0.2) is 44.9 Å². The van der Waals surface area contributed by atoms with Crippen molar-refractivity contribution in [2.45, 2.75) is 25.4 Å². The maximum absolute atomic E-state index is 12.6. The predicted octanol–water partition coefficient (Wildman–Crippen LogP) is 2.78. The number of aromatic nitrogens is 3. The van der Waals surface area contributed by atoms with Gasteiger partial charge in [-0.05, 0) is 25.0 Å². The lowest BCUT2D eigenvalue weighted by atomic mass is 10.1. The molecule has 0 spiro atoms. The lowest BCUT2D eigenvalue weighted by Crippen LogP contribution is -2.17. The zero-order chi connectivity index (χ0) is 23.3. The summed E-state index contributed by atoms with van der Waals surface area (Å²) in [6.45, 7) is 3.44. The first kappa shape index (κ1) is 23.5. The second-order valence-corrected chi connectivity index (χ2v) is 8.77. The van der Waals surface area contributed by atoms with Gasteiger partial charge >= 0.3 is 5.97 Å². The lowest BCUT2D eigenvalue weighted by molar-refractivity contribution is -0.113. The van der Waals surface area contributed by atoms with Gasteiger partial charge in [0.15, 0.2) is 5.16 Å². The number of benzene rings is 1. The van der Waals surface area contributed by atoms with Crippen LogP contribution in [0.3, 0.4) is 0 Å². The molecule has 0 atom stereocenters. The number of carbonyl (C=O) groups excluding carboxylic acids is 3. The lowest BCUT2D eigenvalue weighted by Gasteiger charge is -2.07. The van der Waals surface area contributed by atoms with Gasteiger partial charge in [-0.15, -0.1) is 21.5 Å². The second kappa shape index (κ2) is 10.4. The van der Waals surface area contributed by atoms with E-state index < -0.39 is 11.9 Å². The van der Waals surface area contributed by atoms with E-state index in [4.69, 9.17) is 10.5 Å². The topological polar surface area (TPSA) is 129 Å². The molecule has 0 unspecified atom stereocenters. The summed E-state index contributed by atoms with van der Waals surface area (Å²) in [6.07, 6.45) is 0.629. The van der Waals surface area contributed by atoms with Crippen LogP contribution in [0.25, 0.3) is 0 Å². The Hall–Kier alpha value is -3.18. The number of anilines is 1. The van der Waals surface area contributed by atoms with Crippen LogP contribution in [0.5, 0.6) is 0 Å². The van der Waals surface area contributed by atoms with Crippen LogP contribution in [0, 0.1) is 6.92 Å². The average Bonchev–Trinajstić information content (AvgIpc) is 3.27. The fraction of sp³-hybridized carbons (Fsp3) is 0.286. The van der Waals surface area contributed by atoms with E-state index in [1.54, 1.807) is 13.8 Å². The number of rotatable bonds is 9. The largest absolute Gasteiger partial charge is 0.462 e. The van der Waals surface area contributed by atoms with Crippen molar-refractivity contribution in [1.82, 2.24) is 14.8 Å². The van der Waals surface area contributed by atoms with E-state index in [0.717, 1.165) is 22.7 Å². The molecule has 3 aromatic rings. The van der Waals surface area contributed by atoms with Gasteiger partial charge in [0.25, 0.3) is 5.91 Å². The van der Waals surface area contributed by atoms with Gasteiger partial charge in [0.1, 0.15) is 10.8 Å². The number of carbonyl (C=O) groups is 3. The molecule has 0 saturated carbocycles. The van der Waals surface area contributed by atoms with Gasteiger partial charge in [-0.1, -0.05) is 42.1 Å². The summed E-state index contributed by atoms with van der Waals surface area (Å²) >= 11 is 2.18. The van der Waals surface area contributed by atoms with Crippen LogP contribution in [0.1, 0.15) is 43.9 Å². The standard InChI is InChI=1S/C21H23N5O4S2/c1-4-30-20(29)16-12(2)17(18(22)28)32-19(16)23-15(27)11-31-21-25-24-14(26(21)3)10-13-8-6-5-7-9-13/h5-9H,4,10-11H2,1-3H3,(H2,22,28)(H,23,27). The van der Waals surface area contributed by atoms with Crippen molar-refractivity contribution in [3.8, 4) is 0 Å². The highest BCUT2D eigenvalue weighted by atomic mass is 32.2. The SMILES string of the molecule is CCOC(=O)c1c(NC(=O)CSc2nnc(Cc3ccccc3)n2C)sc(C(N)=O)c1C. The van der Waals surface area contributed by atoms with Crippen LogP contribution >= 0.6 is 23.1 Å². The van der Waals surface area contributed by atoms with Crippen molar-refractivity contribution >= 4 is 45.9 Å². The Kier molecular flexibility index (Phi) is 7.65. The fourth-order valence-corrected chi connectivity index (χ4v) is 4.77. The molecular formula is C21H23N5O4S2. The zero-order valence-corrected chi connectivity index (χ0v) is 19.5. The van der Waals surface area contributed by atoms with Crippen molar-refractivity contribution in [3.63, 3.8) is 0 Å². The Morgan fingerprint density at radius 3 is 2.59 bits per heavy atom. The van der Waals surface area contributed by atoms with Gasteiger partial charge in [0.05, 0.1) is 22.8 Å². The summed E-state index contributed by atoms with van der Waals surface area (Å²) < 4.78 is 6.90. The van der Waals surface area contributed by atoms with Crippen LogP contribution in [0.15, 0.2) is 35.5 Å². The third kappa shape index (κ3) is 5.35. The number of primary amides is 1. The number of nitrogens with zero attached hydrogens (tertiary/aromatic N) is 3. The van der Waals surface area contributed by atoms with Crippen molar-refractivity contribution < 1.29 is 19.1 Å². The van der Waals surface area contributed by atoms with Crippen LogP contribution < -0.4 is 11.1 Å². The summed E-state index contributed by atoms with van der Waals surface area (Å²) in [5, 5.41) is 11.9. The van der Waals surface area contributed by atoms with Crippen molar-refractivity contribution in [3.05, 3.63) is 57.7 Å². The number of hydrogen-bond acceptors (Lipinski definition) is 8. The van der Waals surface area contributed by atoms with E-state index in [9.17, 15) is 14.4 Å². The predicted molar refractivity (Wildman–Crippen MR) is 123 cm³/mol. The number of nitrogens with two attached hydrogens (primary N) is 1. The van der Waals surface area contributed by atoms with Crippen molar-refractivity contribution in [1.29, 1.82) is 0 Å². The second-order valence-electron chi connectivity index (χ2n) is 6.80. The summed E-state index contributed by atoms with van der Waals surface area (Å²) in [5.74, 6) is -0.815. The molecule has 0 aliphatic carbocycles. The molecular weight excluding hydrogens is 450 g/mol. The minimum absolute atomic E-state index is 0.0441. The minimum Gasteiger partial charge on any atom is -0.462 e. The number of thiophene rings is 1. The van der Waals surface area contributed by atoms with Crippen LogP contribution in [-0.2, 0) is 23.0 Å². The maximum Gasteiger partial charge on any atom is 0.341 e. The third-order valence-corrected chi connectivity index (χ3v) is 6.81. The number of amides is 2. The van der Waals surface area contributed by atoms with Gasteiger partial charge in [0.2, 0.25) is 5.91 Å². The van der Waals surface area contributed by atoms with Gasteiger partial charge in [-0.2, -0.15) is 0 Å². The third-order valence-electron chi connectivity index (χ3n) is 4.57. The van der Waals surface area contributed by atoms with Crippen LogP contribution in [0.4, 0.5) is 5.00 Å². The maximum atomic E-state index is 12.6. The first-order valence-corrected chi connectivity index (χ1v) is 11.6. The molecule has 2 heterocycles. The Morgan fingerprint density at radius 2 is 1.94 bits per heavy atom. The quantitative estimate of drug-likeness (QED) is 0.361. The van der Waals surface area contributed by atoms with E-state index >= 15 is 0 Å². The summed E-state index contributed by atoms with van der Waals surface area (Å²) in [6, 6.07) is 9.91. The van der Waals surface area contributed by atoms with E-state index in [1.807, 2.05) is 41.9 Å². The number of ether oxygens (including phenoxy) is 1. The van der Waals surface area contributed by atoms with Gasteiger partial charge < -0.3 is 20.4 Å². The normalized spacial score (nSPS) is 10.7. The highest BCUT2D eigenvalue weighted by Crippen LogP contribution is 2.33. The van der Waals surface area contributed by atoms with Crippen molar-refractivity contribution in [2.24, 2.45) is 12.8 Å². The van der Waals surface area contributed by atoms with E-state index in [1.165, 1.54) is 11.8 Å². The molecule has 0 fully saturated rings. The van der Waals surface area contributed by atoms with Gasteiger partial charge in [-0.3, -0.25) is 9.59 Å². The van der Waals surface area contributed by atoms with Gasteiger partial charge in [0, 0.05) is 13.5 Å². The smallest absolute Gasteiger partial charge is 0.341 e. The summed E-state index contributed by atoms with van der Waals surface area (Å²) in [5.41, 5.74) is 7.05. The molecule has 1 aromatic carbocycles. The van der Waals surface area contributed by atoms with E-state index in [0.29, 0.717) is 17.1 Å². The van der Waals surface area contributed by atoms with E-state index in [-0.39, 0.29) is 33.7 Å². The molecule has 2 amide bonds. The summed E-state index contributed by atoms with van der Waals surface area (Å²) in [7, 11) is 1.85. The molecule has 0 aliphatic rings. The number of nitrogens with one attached hydrogen (secondary N) is 1. The average molecular weight is 474 g/mol. The molecule has 3 N–H and O–H groups in total. The molecule has 0 saturated heterocycles. The highest BCUT2D eigenvalue weighted by molar-refractivity contribution is 7.99. The van der Waals surface area contributed by atoms with E-state index in [2.05, 4.69) is 15.5 Å². The van der Waals surface area contributed by atoms with Gasteiger partial charge in [-0.25, -0.2) is 4.79 Å². The van der Waals surface area contributed by atoms with Crippen molar-refractivity contribution in [2.75, 3.05) is 17.7 Å². The highest BCUT2D eigenvalue weighted by Gasteiger charge is 2.25. The molecule has 32 heavy (non-hydrogen) atoms. The number of hydrogen-bond donors (Lipinski definition) is 2. The Labute approximate surface area is 193 Å². The first-order chi connectivity index (χ1) is 15.3. The monoisotopic (exact) mass is 473 g/mol. The zero-order valence-electron chi connectivity index (χ0n) is 17.9. The molecule has 2 aromatic heterocycles. The number of thioether (sulfide) groups is 1. The molecule has 11 heteroatoms. The first-order valence-electron chi connectivity index (χ1n) is 9.76. The molecule has 168 valence electrons. The Morgan fingerprint density at radius 1 is 1.22 bits per heavy atom. The Bertz CT molecular complexity index is 1140. The van der Waals surface area contributed by atoms with Crippen LogP contribution in [0.2, 0.25) is 0 Å². The molecule has 0 radical (unpaired) electrons. The fourth-order valence-electron chi connectivity index (χ4n) is 2.98. The molecule has 3 rings (SSSR count). The Balaban J connectivity index is 1.68. The summed E-state index contributed by atoms with van der Waals surface area (Å²) in [4.78, 5) is 36.8. The molecule has 0 bridgehead atoms. The minimum atomic E-state index is -0.669. The molecule has 9 nitrogen and oxygen atoms in total. The molecule has 0 aliphatic heterocycles.